The fourth-order valence-electron chi connectivity index (χ4n) is 3.54. The molecule has 0 radical (unpaired) electrons. The van der Waals surface area contributed by atoms with Crippen molar-refractivity contribution in [2.24, 2.45) is 0 Å². The summed E-state index contributed by atoms with van der Waals surface area (Å²) in [6, 6.07) is 11.8. The summed E-state index contributed by atoms with van der Waals surface area (Å²) in [5, 5.41) is 7.94. The molecule has 1 fully saturated rings. The molecule has 3 amide bonds. The Balaban J connectivity index is 1.34. The molecular formula is C24H24N4O6. The highest BCUT2D eigenvalue weighted by Crippen LogP contribution is 2.32. The lowest BCUT2D eigenvalue weighted by Crippen LogP contribution is -2.33. The van der Waals surface area contributed by atoms with E-state index in [-0.39, 0.29) is 12.5 Å². The van der Waals surface area contributed by atoms with Crippen LogP contribution in [-0.4, -0.2) is 42.5 Å². The van der Waals surface area contributed by atoms with Gasteiger partial charge >= 0.3 is 11.8 Å². The van der Waals surface area contributed by atoms with Gasteiger partial charge in [-0.25, -0.2) is 4.98 Å². The molecule has 34 heavy (non-hydrogen) atoms. The number of methoxy groups -OCH3 is 1. The van der Waals surface area contributed by atoms with Crippen molar-refractivity contribution in [2.75, 3.05) is 24.4 Å². The largest absolute Gasteiger partial charge is 0.496 e. The molecule has 0 saturated carbocycles. The van der Waals surface area contributed by atoms with E-state index in [1.54, 1.807) is 42.6 Å². The highest BCUT2D eigenvalue weighted by molar-refractivity contribution is 6.43. The lowest BCUT2D eigenvalue weighted by Gasteiger charge is -2.12. The minimum Gasteiger partial charge on any atom is -0.496 e. The topological polar surface area (TPSA) is 132 Å². The molecule has 1 aliphatic rings. The first kappa shape index (κ1) is 23.0. The van der Waals surface area contributed by atoms with Crippen molar-refractivity contribution < 1.29 is 28.3 Å². The van der Waals surface area contributed by atoms with Crippen molar-refractivity contribution in [2.45, 2.75) is 25.5 Å². The minimum atomic E-state index is -0.841. The Morgan fingerprint density at radius 3 is 2.56 bits per heavy atom. The molecule has 3 N–H and O–H groups in total. The van der Waals surface area contributed by atoms with Crippen LogP contribution in [0.25, 0.3) is 11.3 Å². The molecule has 1 saturated heterocycles. The van der Waals surface area contributed by atoms with Gasteiger partial charge in [-0.3, -0.25) is 14.4 Å². The fraction of sp³-hybridized carbons (Fsp3) is 0.250. The number of carbonyl (C=O) groups excluding carboxylic acids is 3. The SMILES string of the molecule is COc1cc(NC(=O)C(=O)Nc2cccc(CNC(=O)C3CCCO3)c2)ccc1-c1cnco1. The number of anilines is 2. The van der Waals surface area contributed by atoms with Crippen molar-refractivity contribution in [3.05, 3.63) is 60.6 Å². The molecule has 1 aliphatic heterocycles. The molecule has 0 aliphatic carbocycles. The van der Waals surface area contributed by atoms with Crippen LogP contribution in [0.15, 0.2) is 59.5 Å². The molecule has 3 aromatic rings. The van der Waals surface area contributed by atoms with Crippen LogP contribution in [0, 0.1) is 0 Å². The summed E-state index contributed by atoms with van der Waals surface area (Å²) >= 11 is 0. The molecule has 2 heterocycles. The molecular weight excluding hydrogens is 440 g/mol. The van der Waals surface area contributed by atoms with Gasteiger partial charge in [0.1, 0.15) is 11.9 Å². The number of nitrogens with one attached hydrogen (secondary N) is 3. The van der Waals surface area contributed by atoms with Gasteiger partial charge in [0, 0.05) is 30.6 Å². The quantitative estimate of drug-likeness (QED) is 0.458. The number of amides is 3. The molecule has 2 aromatic carbocycles. The predicted molar refractivity (Wildman–Crippen MR) is 123 cm³/mol. The summed E-state index contributed by atoms with van der Waals surface area (Å²) in [5.74, 6) is -0.867. The number of carbonyl (C=O) groups is 3. The van der Waals surface area contributed by atoms with E-state index in [1.807, 2.05) is 6.07 Å². The third kappa shape index (κ3) is 5.59. The van der Waals surface area contributed by atoms with Crippen LogP contribution in [0.4, 0.5) is 11.4 Å². The summed E-state index contributed by atoms with van der Waals surface area (Å²) in [6.07, 6.45) is 4.04. The lowest BCUT2D eigenvalue weighted by atomic mass is 10.1. The number of hydrogen-bond acceptors (Lipinski definition) is 7. The Morgan fingerprint density at radius 2 is 1.88 bits per heavy atom. The third-order valence-corrected chi connectivity index (χ3v) is 5.24. The number of rotatable bonds is 7. The van der Waals surface area contributed by atoms with Gasteiger partial charge in [0.05, 0.1) is 18.9 Å². The average molecular weight is 464 g/mol. The molecule has 0 bridgehead atoms. The Hall–Kier alpha value is -4.18. The maximum Gasteiger partial charge on any atom is 0.314 e. The zero-order chi connectivity index (χ0) is 23.9. The predicted octanol–water partition coefficient (Wildman–Crippen LogP) is 2.72. The molecule has 1 aromatic heterocycles. The van der Waals surface area contributed by atoms with E-state index in [4.69, 9.17) is 13.9 Å². The Kier molecular flexibility index (Phi) is 7.19. The van der Waals surface area contributed by atoms with Gasteiger partial charge in [0.2, 0.25) is 5.91 Å². The number of aromatic nitrogens is 1. The summed E-state index contributed by atoms with van der Waals surface area (Å²) in [7, 11) is 1.49. The van der Waals surface area contributed by atoms with Crippen molar-refractivity contribution in [1.29, 1.82) is 0 Å². The zero-order valence-corrected chi connectivity index (χ0v) is 18.5. The average Bonchev–Trinajstić information content (AvgIpc) is 3.57. The van der Waals surface area contributed by atoms with E-state index < -0.39 is 17.9 Å². The maximum atomic E-state index is 12.4. The number of benzene rings is 2. The summed E-state index contributed by atoms with van der Waals surface area (Å²) in [4.78, 5) is 40.8. The normalized spacial score (nSPS) is 14.9. The number of hydrogen-bond donors (Lipinski definition) is 3. The first-order valence-electron chi connectivity index (χ1n) is 10.7. The second kappa shape index (κ2) is 10.6. The van der Waals surface area contributed by atoms with E-state index in [0.29, 0.717) is 41.5 Å². The highest BCUT2D eigenvalue weighted by Gasteiger charge is 2.23. The number of oxazole rings is 1. The van der Waals surface area contributed by atoms with Crippen LogP contribution in [0.5, 0.6) is 5.75 Å². The van der Waals surface area contributed by atoms with Gasteiger partial charge in [-0.1, -0.05) is 12.1 Å². The molecule has 10 nitrogen and oxygen atoms in total. The molecule has 0 spiro atoms. The lowest BCUT2D eigenvalue weighted by molar-refractivity contribution is -0.133. The van der Waals surface area contributed by atoms with Gasteiger partial charge < -0.3 is 29.8 Å². The van der Waals surface area contributed by atoms with Crippen molar-refractivity contribution in [3.63, 3.8) is 0 Å². The van der Waals surface area contributed by atoms with Gasteiger partial charge in [-0.05, 0) is 42.7 Å². The van der Waals surface area contributed by atoms with Crippen LogP contribution < -0.4 is 20.7 Å². The van der Waals surface area contributed by atoms with Gasteiger partial charge in [-0.15, -0.1) is 0 Å². The van der Waals surface area contributed by atoms with Crippen LogP contribution in [0.3, 0.4) is 0 Å². The van der Waals surface area contributed by atoms with Crippen molar-refractivity contribution in [1.82, 2.24) is 10.3 Å². The van der Waals surface area contributed by atoms with E-state index in [9.17, 15) is 14.4 Å². The first-order valence-corrected chi connectivity index (χ1v) is 10.7. The molecule has 1 unspecified atom stereocenters. The summed E-state index contributed by atoms with van der Waals surface area (Å²) in [5.41, 5.74) is 2.25. The van der Waals surface area contributed by atoms with E-state index >= 15 is 0 Å². The Bertz CT molecular complexity index is 1170. The van der Waals surface area contributed by atoms with Crippen LogP contribution in [0.1, 0.15) is 18.4 Å². The van der Waals surface area contributed by atoms with Crippen molar-refractivity contribution >= 4 is 29.1 Å². The minimum absolute atomic E-state index is 0.156. The number of ether oxygens (including phenoxy) is 2. The van der Waals surface area contributed by atoms with Crippen LogP contribution in [0.2, 0.25) is 0 Å². The van der Waals surface area contributed by atoms with E-state index in [0.717, 1.165) is 12.0 Å². The standard InChI is InChI=1S/C24H24N4O6/c1-32-20-11-17(7-8-18(20)21-13-25-14-34-21)28-24(31)23(30)27-16-5-2-4-15(10-16)12-26-22(29)19-6-3-9-33-19/h2,4-5,7-8,10-11,13-14,19H,3,6,9,12H2,1H3,(H,26,29)(H,27,30)(H,28,31). The smallest absolute Gasteiger partial charge is 0.314 e. The Morgan fingerprint density at radius 1 is 1.09 bits per heavy atom. The van der Waals surface area contributed by atoms with Gasteiger partial charge in [0.25, 0.3) is 0 Å². The molecule has 176 valence electrons. The van der Waals surface area contributed by atoms with Crippen LogP contribution >= 0.6 is 0 Å². The Labute approximate surface area is 195 Å². The zero-order valence-electron chi connectivity index (χ0n) is 18.5. The molecule has 1 atom stereocenters. The van der Waals surface area contributed by atoms with E-state index in [1.165, 1.54) is 13.5 Å². The third-order valence-electron chi connectivity index (χ3n) is 5.24. The fourth-order valence-corrected chi connectivity index (χ4v) is 3.54. The maximum absolute atomic E-state index is 12.4. The second-order valence-electron chi connectivity index (χ2n) is 7.61. The summed E-state index contributed by atoms with van der Waals surface area (Å²) in [6.45, 7) is 0.881. The number of nitrogens with zero attached hydrogens (tertiary/aromatic N) is 1. The van der Waals surface area contributed by atoms with E-state index in [2.05, 4.69) is 20.9 Å². The molecule has 4 rings (SSSR count). The van der Waals surface area contributed by atoms with Gasteiger partial charge in [-0.2, -0.15) is 0 Å². The first-order chi connectivity index (χ1) is 16.5. The monoisotopic (exact) mass is 464 g/mol. The van der Waals surface area contributed by atoms with Crippen LogP contribution in [-0.2, 0) is 25.7 Å². The summed E-state index contributed by atoms with van der Waals surface area (Å²) < 4.78 is 16.0. The second-order valence-corrected chi connectivity index (χ2v) is 7.61. The highest BCUT2D eigenvalue weighted by atomic mass is 16.5. The van der Waals surface area contributed by atoms with Crippen molar-refractivity contribution in [3.8, 4) is 17.1 Å². The van der Waals surface area contributed by atoms with Gasteiger partial charge in [0.15, 0.2) is 12.2 Å². The molecule has 10 heteroatoms.